The van der Waals surface area contributed by atoms with E-state index in [1.807, 2.05) is 19.1 Å². The Kier molecular flexibility index (Phi) is 6.05. The van der Waals surface area contributed by atoms with Gasteiger partial charge in [0.05, 0.1) is 11.0 Å². The van der Waals surface area contributed by atoms with Gasteiger partial charge < -0.3 is 10.4 Å². The third kappa shape index (κ3) is 4.91. The lowest BCUT2D eigenvalue weighted by molar-refractivity contribution is 0.0867. The van der Waals surface area contributed by atoms with Crippen molar-refractivity contribution < 1.29 is 18.3 Å². The van der Waals surface area contributed by atoms with Gasteiger partial charge in [-0.1, -0.05) is 23.8 Å². The van der Waals surface area contributed by atoms with Gasteiger partial charge >= 0.3 is 0 Å². The van der Waals surface area contributed by atoms with Crippen LogP contribution in [0, 0.1) is 13.8 Å². The average Bonchev–Trinajstić information content (AvgIpc) is 2.65. The number of carbonyl (C=O) groups excluding carboxylic acids is 1. The summed E-state index contributed by atoms with van der Waals surface area (Å²) in [5.41, 5.74) is 2.56. The first kappa shape index (κ1) is 20.4. The van der Waals surface area contributed by atoms with Crippen LogP contribution in [0.2, 0.25) is 0 Å². The summed E-state index contributed by atoms with van der Waals surface area (Å²) in [6.07, 6.45) is 2.48. The van der Waals surface area contributed by atoms with Crippen molar-refractivity contribution in [3.63, 3.8) is 0 Å². The lowest BCUT2D eigenvalue weighted by Gasteiger charge is -2.26. The Labute approximate surface area is 166 Å². The molecule has 1 fully saturated rings. The van der Waals surface area contributed by atoms with Crippen LogP contribution in [-0.4, -0.2) is 31.6 Å². The van der Waals surface area contributed by atoms with Crippen molar-refractivity contribution in [2.24, 2.45) is 0 Å². The van der Waals surface area contributed by atoms with Crippen molar-refractivity contribution >= 4 is 21.6 Å². The standard InChI is InChI=1S/C21H26N2O4S/c1-14-3-6-17(7-4-14)23-28(26,27)19-12-5-15(2)20(13-19)21(25)22-16-8-10-18(24)11-9-16/h3-7,12-13,16,18,23-24H,8-11H2,1-2H3,(H,22,25). The summed E-state index contributed by atoms with van der Waals surface area (Å²) in [5.74, 6) is -0.286. The highest BCUT2D eigenvalue weighted by Gasteiger charge is 2.23. The second-order valence-corrected chi connectivity index (χ2v) is 9.11. The summed E-state index contributed by atoms with van der Waals surface area (Å²) in [7, 11) is -3.80. The van der Waals surface area contributed by atoms with E-state index in [2.05, 4.69) is 10.0 Å². The van der Waals surface area contributed by atoms with E-state index in [0.717, 1.165) is 18.4 Å². The lowest BCUT2D eigenvalue weighted by atomic mass is 9.93. The number of hydrogen-bond donors (Lipinski definition) is 3. The molecule has 0 unspecified atom stereocenters. The maximum absolute atomic E-state index is 12.7. The fourth-order valence-electron chi connectivity index (χ4n) is 3.33. The summed E-state index contributed by atoms with van der Waals surface area (Å²) < 4.78 is 28.0. The minimum atomic E-state index is -3.80. The quantitative estimate of drug-likeness (QED) is 0.716. The van der Waals surface area contributed by atoms with Crippen molar-refractivity contribution in [2.75, 3.05) is 4.72 Å². The highest BCUT2D eigenvalue weighted by Crippen LogP contribution is 2.22. The lowest BCUT2D eigenvalue weighted by Crippen LogP contribution is -2.38. The molecule has 1 aliphatic rings. The molecule has 2 aromatic rings. The van der Waals surface area contributed by atoms with Gasteiger partial charge in [0.1, 0.15) is 0 Å². The number of aliphatic hydroxyl groups is 1. The zero-order chi connectivity index (χ0) is 20.3. The topological polar surface area (TPSA) is 95.5 Å². The van der Waals surface area contributed by atoms with E-state index >= 15 is 0 Å². The number of sulfonamides is 1. The molecule has 0 spiro atoms. The number of benzene rings is 2. The van der Waals surface area contributed by atoms with Crippen LogP contribution in [-0.2, 0) is 10.0 Å². The van der Waals surface area contributed by atoms with Crippen LogP contribution in [0.3, 0.4) is 0 Å². The molecule has 7 heteroatoms. The molecule has 0 radical (unpaired) electrons. The molecule has 0 aromatic heterocycles. The van der Waals surface area contributed by atoms with Crippen LogP contribution in [0.15, 0.2) is 47.4 Å². The Morgan fingerprint density at radius 2 is 1.64 bits per heavy atom. The van der Waals surface area contributed by atoms with Gasteiger partial charge in [-0.25, -0.2) is 8.42 Å². The minimum Gasteiger partial charge on any atom is -0.393 e. The van der Waals surface area contributed by atoms with Crippen LogP contribution in [0.25, 0.3) is 0 Å². The van der Waals surface area contributed by atoms with Crippen molar-refractivity contribution in [1.29, 1.82) is 0 Å². The van der Waals surface area contributed by atoms with Gasteiger partial charge in [-0.05, 0) is 69.4 Å². The summed E-state index contributed by atoms with van der Waals surface area (Å²) in [6.45, 7) is 3.71. The predicted molar refractivity (Wildman–Crippen MR) is 109 cm³/mol. The number of aliphatic hydroxyl groups excluding tert-OH is 1. The Morgan fingerprint density at radius 1 is 1.00 bits per heavy atom. The number of aryl methyl sites for hydroxylation is 2. The molecule has 3 rings (SSSR count). The van der Waals surface area contributed by atoms with Gasteiger partial charge in [-0.2, -0.15) is 0 Å². The first-order valence-electron chi connectivity index (χ1n) is 9.43. The van der Waals surface area contributed by atoms with Crippen LogP contribution >= 0.6 is 0 Å². The molecule has 150 valence electrons. The summed E-state index contributed by atoms with van der Waals surface area (Å²) in [4.78, 5) is 12.7. The first-order valence-corrected chi connectivity index (χ1v) is 10.9. The number of nitrogens with one attached hydrogen (secondary N) is 2. The third-order valence-electron chi connectivity index (χ3n) is 5.10. The maximum Gasteiger partial charge on any atom is 0.261 e. The molecule has 6 nitrogen and oxygen atoms in total. The summed E-state index contributed by atoms with van der Waals surface area (Å²) in [5, 5.41) is 12.6. The monoisotopic (exact) mass is 402 g/mol. The molecule has 0 heterocycles. The van der Waals surface area contributed by atoms with E-state index in [-0.39, 0.29) is 22.9 Å². The second kappa shape index (κ2) is 8.32. The second-order valence-electron chi connectivity index (χ2n) is 7.43. The molecular weight excluding hydrogens is 376 g/mol. The molecule has 0 saturated heterocycles. The molecule has 1 amide bonds. The Balaban J connectivity index is 1.78. The van der Waals surface area contributed by atoms with Crippen LogP contribution in [0.5, 0.6) is 0 Å². The summed E-state index contributed by atoms with van der Waals surface area (Å²) in [6, 6.07) is 11.6. The van der Waals surface area contributed by atoms with Gasteiger partial charge in [-0.15, -0.1) is 0 Å². The van der Waals surface area contributed by atoms with E-state index in [4.69, 9.17) is 0 Å². The largest absolute Gasteiger partial charge is 0.393 e. The van der Waals surface area contributed by atoms with E-state index < -0.39 is 10.0 Å². The highest BCUT2D eigenvalue weighted by molar-refractivity contribution is 7.92. The van der Waals surface area contributed by atoms with Crippen molar-refractivity contribution in [3.8, 4) is 0 Å². The van der Waals surface area contributed by atoms with Gasteiger partial charge in [-0.3, -0.25) is 9.52 Å². The van der Waals surface area contributed by atoms with Crippen LogP contribution < -0.4 is 10.0 Å². The van der Waals surface area contributed by atoms with Crippen molar-refractivity contribution in [3.05, 3.63) is 59.2 Å². The molecule has 0 aliphatic heterocycles. The van der Waals surface area contributed by atoms with Crippen molar-refractivity contribution in [1.82, 2.24) is 5.32 Å². The van der Waals surface area contributed by atoms with Gasteiger partial charge in [0.2, 0.25) is 0 Å². The molecule has 28 heavy (non-hydrogen) atoms. The van der Waals surface area contributed by atoms with Gasteiger partial charge in [0.15, 0.2) is 0 Å². The molecule has 0 atom stereocenters. The third-order valence-corrected chi connectivity index (χ3v) is 6.48. The predicted octanol–water partition coefficient (Wildman–Crippen LogP) is 3.14. The summed E-state index contributed by atoms with van der Waals surface area (Å²) >= 11 is 0. The zero-order valence-corrected chi connectivity index (χ0v) is 16.9. The SMILES string of the molecule is Cc1ccc(NS(=O)(=O)c2ccc(C)c(C(=O)NC3CCC(O)CC3)c2)cc1. The average molecular weight is 403 g/mol. The smallest absolute Gasteiger partial charge is 0.261 e. The Hall–Kier alpha value is -2.38. The molecule has 3 N–H and O–H groups in total. The maximum atomic E-state index is 12.7. The fourth-order valence-corrected chi connectivity index (χ4v) is 4.42. The van der Waals surface area contributed by atoms with E-state index in [1.165, 1.54) is 12.1 Å². The number of rotatable bonds is 5. The first-order chi connectivity index (χ1) is 13.2. The fraction of sp³-hybridized carbons (Fsp3) is 0.381. The van der Waals surface area contributed by atoms with Gasteiger partial charge in [0, 0.05) is 17.3 Å². The van der Waals surface area contributed by atoms with Crippen molar-refractivity contribution in [2.45, 2.75) is 56.6 Å². The van der Waals surface area contributed by atoms with E-state index in [0.29, 0.717) is 29.7 Å². The number of carbonyl (C=O) groups is 1. The Morgan fingerprint density at radius 3 is 2.29 bits per heavy atom. The molecule has 0 bridgehead atoms. The highest BCUT2D eigenvalue weighted by atomic mass is 32.2. The van der Waals surface area contributed by atoms with Gasteiger partial charge in [0.25, 0.3) is 15.9 Å². The zero-order valence-electron chi connectivity index (χ0n) is 16.1. The minimum absolute atomic E-state index is 0.00115. The number of amides is 1. The molecule has 2 aromatic carbocycles. The Bertz CT molecular complexity index is 947. The van der Waals surface area contributed by atoms with Crippen LogP contribution in [0.4, 0.5) is 5.69 Å². The van der Waals surface area contributed by atoms with E-state index in [1.54, 1.807) is 25.1 Å². The van der Waals surface area contributed by atoms with Crippen LogP contribution in [0.1, 0.15) is 47.2 Å². The van der Waals surface area contributed by atoms with E-state index in [9.17, 15) is 18.3 Å². The molecule has 1 saturated carbocycles. The number of anilines is 1. The normalized spacial score (nSPS) is 19.8. The molecule has 1 aliphatic carbocycles. The molecular formula is C21H26N2O4S. The number of hydrogen-bond acceptors (Lipinski definition) is 4.